The number of hydrogen-bond donors (Lipinski definition) is 2. The Kier molecular flexibility index (Phi) is 4.47. The topological polar surface area (TPSA) is 104 Å². The first-order valence-corrected chi connectivity index (χ1v) is 8.07. The summed E-state index contributed by atoms with van der Waals surface area (Å²) in [6.07, 6.45) is 2.48. The third kappa shape index (κ3) is 3.21. The Bertz CT molecular complexity index is 682. The fraction of sp³-hybridized carbons (Fsp3) is 0.500. The number of amides is 5. The van der Waals surface area contributed by atoms with Crippen LogP contribution in [0.5, 0.6) is 5.88 Å². The highest BCUT2D eigenvalue weighted by Crippen LogP contribution is 2.28. The fourth-order valence-corrected chi connectivity index (χ4v) is 3.11. The zero-order valence-electron chi connectivity index (χ0n) is 14.2. The molecule has 1 aromatic rings. The molecule has 0 bridgehead atoms. The van der Waals surface area contributed by atoms with Crippen molar-refractivity contribution in [3.63, 3.8) is 0 Å². The molecule has 2 saturated heterocycles. The van der Waals surface area contributed by atoms with Crippen molar-refractivity contribution >= 4 is 18.0 Å². The number of hydrogen-bond acceptors (Lipinski definition) is 5. The molecule has 0 unspecified atom stereocenters. The molecule has 2 aliphatic heterocycles. The van der Waals surface area contributed by atoms with Gasteiger partial charge in [-0.1, -0.05) is 6.07 Å². The average molecular weight is 347 g/mol. The van der Waals surface area contributed by atoms with E-state index in [2.05, 4.69) is 15.6 Å². The third-order valence-electron chi connectivity index (χ3n) is 4.72. The molecule has 5 amide bonds. The predicted octanol–water partition coefficient (Wildman–Crippen LogP) is 0.316. The Labute approximate surface area is 145 Å². The van der Waals surface area contributed by atoms with Gasteiger partial charge in [-0.3, -0.25) is 9.69 Å². The Morgan fingerprint density at radius 3 is 2.60 bits per heavy atom. The van der Waals surface area contributed by atoms with Crippen molar-refractivity contribution in [3.05, 3.63) is 23.9 Å². The molecule has 1 spiro atoms. The van der Waals surface area contributed by atoms with Crippen LogP contribution in [0.3, 0.4) is 0 Å². The number of carbonyl (C=O) groups excluding carboxylic acids is 3. The normalized spacial score (nSPS) is 19.1. The third-order valence-corrected chi connectivity index (χ3v) is 4.72. The van der Waals surface area contributed by atoms with Gasteiger partial charge >= 0.3 is 12.1 Å². The SMILES string of the molecule is COc1ccc(CNC(=O)N2CCC3(CC2)NC(=O)N(C)C3=O)cn1. The maximum absolute atomic E-state index is 12.3. The number of ether oxygens (including phenoxy) is 1. The molecule has 134 valence electrons. The Morgan fingerprint density at radius 1 is 1.36 bits per heavy atom. The fourth-order valence-electron chi connectivity index (χ4n) is 3.11. The molecule has 2 aliphatic rings. The number of aromatic nitrogens is 1. The zero-order valence-corrected chi connectivity index (χ0v) is 14.2. The van der Waals surface area contributed by atoms with Crippen LogP contribution in [0.25, 0.3) is 0 Å². The number of imide groups is 1. The van der Waals surface area contributed by atoms with Gasteiger partial charge in [-0.2, -0.15) is 0 Å². The highest BCUT2D eigenvalue weighted by atomic mass is 16.5. The van der Waals surface area contributed by atoms with E-state index in [4.69, 9.17) is 4.74 Å². The number of piperidine rings is 1. The maximum atomic E-state index is 12.3. The lowest BCUT2D eigenvalue weighted by atomic mass is 9.87. The summed E-state index contributed by atoms with van der Waals surface area (Å²) in [5.41, 5.74) is 0.00480. The number of pyridine rings is 1. The van der Waals surface area contributed by atoms with Crippen LogP contribution in [0.15, 0.2) is 18.3 Å². The van der Waals surface area contributed by atoms with E-state index >= 15 is 0 Å². The smallest absolute Gasteiger partial charge is 0.324 e. The van der Waals surface area contributed by atoms with Crippen molar-refractivity contribution in [1.82, 2.24) is 25.4 Å². The van der Waals surface area contributed by atoms with Crippen molar-refractivity contribution in [2.75, 3.05) is 27.2 Å². The lowest BCUT2D eigenvalue weighted by Crippen LogP contribution is -2.57. The molecular formula is C16H21N5O4. The second-order valence-electron chi connectivity index (χ2n) is 6.23. The van der Waals surface area contributed by atoms with Crippen LogP contribution in [0.1, 0.15) is 18.4 Å². The van der Waals surface area contributed by atoms with Crippen LogP contribution >= 0.6 is 0 Å². The van der Waals surface area contributed by atoms with Crippen LogP contribution in [-0.2, 0) is 11.3 Å². The number of methoxy groups -OCH3 is 1. The van der Waals surface area contributed by atoms with Crippen molar-refractivity contribution in [2.45, 2.75) is 24.9 Å². The van der Waals surface area contributed by atoms with E-state index < -0.39 is 5.54 Å². The number of urea groups is 2. The second-order valence-corrected chi connectivity index (χ2v) is 6.23. The molecule has 0 radical (unpaired) electrons. The molecule has 3 rings (SSSR count). The number of nitrogens with one attached hydrogen (secondary N) is 2. The van der Waals surface area contributed by atoms with E-state index in [1.54, 1.807) is 24.3 Å². The molecule has 9 heteroatoms. The molecule has 9 nitrogen and oxygen atoms in total. The molecule has 2 N–H and O–H groups in total. The van der Waals surface area contributed by atoms with Gasteiger partial charge in [0, 0.05) is 38.9 Å². The summed E-state index contributed by atoms with van der Waals surface area (Å²) in [6, 6.07) is 2.99. The van der Waals surface area contributed by atoms with Gasteiger partial charge in [-0.05, 0) is 18.4 Å². The molecule has 0 aliphatic carbocycles. The molecule has 0 aromatic carbocycles. The molecule has 2 fully saturated rings. The maximum Gasteiger partial charge on any atom is 0.324 e. The standard InChI is InChI=1S/C16H21N5O4/c1-20-13(22)16(19-15(20)24)5-7-21(8-6-16)14(23)18-10-11-3-4-12(25-2)17-9-11/h3-4,9H,5-8,10H2,1-2H3,(H,18,23)(H,19,24). The number of likely N-dealkylation sites (N-methyl/N-ethyl adjacent to an activating group) is 1. The van der Waals surface area contributed by atoms with Crippen molar-refractivity contribution < 1.29 is 19.1 Å². The van der Waals surface area contributed by atoms with Gasteiger partial charge in [0.05, 0.1) is 7.11 Å². The molecular weight excluding hydrogens is 326 g/mol. The van der Waals surface area contributed by atoms with Crippen molar-refractivity contribution in [3.8, 4) is 5.88 Å². The Balaban J connectivity index is 1.51. The first-order valence-electron chi connectivity index (χ1n) is 8.07. The average Bonchev–Trinajstić information content (AvgIpc) is 2.84. The zero-order chi connectivity index (χ0) is 18.0. The van der Waals surface area contributed by atoms with Crippen molar-refractivity contribution in [1.29, 1.82) is 0 Å². The van der Waals surface area contributed by atoms with Gasteiger partial charge in [0.2, 0.25) is 5.88 Å². The Hall–Kier alpha value is -2.84. The second kappa shape index (κ2) is 6.58. The van der Waals surface area contributed by atoms with Crippen LogP contribution < -0.4 is 15.4 Å². The van der Waals surface area contributed by atoms with Gasteiger partial charge in [0.25, 0.3) is 5.91 Å². The minimum absolute atomic E-state index is 0.198. The molecule has 1 aromatic heterocycles. The largest absolute Gasteiger partial charge is 0.481 e. The number of carbonyl (C=O) groups is 3. The van der Waals surface area contributed by atoms with Gasteiger partial charge in [-0.15, -0.1) is 0 Å². The first-order chi connectivity index (χ1) is 11.9. The van der Waals surface area contributed by atoms with E-state index in [0.29, 0.717) is 38.4 Å². The molecule has 3 heterocycles. The van der Waals surface area contributed by atoms with Gasteiger partial charge in [0.1, 0.15) is 5.54 Å². The van der Waals surface area contributed by atoms with E-state index in [9.17, 15) is 14.4 Å². The molecule has 25 heavy (non-hydrogen) atoms. The van der Waals surface area contributed by atoms with Gasteiger partial charge in [-0.25, -0.2) is 14.6 Å². The van der Waals surface area contributed by atoms with Crippen LogP contribution in [-0.4, -0.2) is 65.5 Å². The van der Waals surface area contributed by atoms with Gasteiger partial charge < -0.3 is 20.3 Å². The summed E-state index contributed by atoms with van der Waals surface area (Å²) >= 11 is 0. The lowest BCUT2D eigenvalue weighted by Gasteiger charge is -2.37. The van der Waals surface area contributed by atoms with Gasteiger partial charge in [0.15, 0.2) is 0 Å². The first kappa shape index (κ1) is 17.0. The summed E-state index contributed by atoms with van der Waals surface area (Å²) in [6.45, 7) is 1.18. The number of likely N-dealkylation sites (tertiary alicyclic amines) is 1. The molecule has 0 saturated carbocycles. The minimum Gasteiger partial charge on any atom is -0.481 e. The van der Waals surface area contributed by atoms with E-state index in [1.165, 1.54) is 7.05 Å². The van der Waals surface area contributed by atoms with Crippen LogP contribution in [0.4, 0.5) is 9.59 Å². The number of rotatable bonds is 3. The minimum atomic E-state index is -0.859. The van der Waals surface area contributed by atoms with E-state index in [-0.39, 0.29) is 18.0 Å². The van der Waals surface area contributed by atoms with Crippen LogP contribution in [0.2, 0.25) is 0 Å². The van der Waals surface area contributed by atoms with E-state index in [0.717, 1.165) is 10.5 Å². The summed E-state index contributed by atoms with van der Waals surface area (Å²) in [5, 5.41) is 5.59. The molecule has 0 atom stereocenters. The summed E-state index contributed by atoms with van der Waals surface area (Å²) in [7, 11) is 3.01. The van der Waals surface area contributed by atoms with Crippen molar-refractivity contribution in [2.24, 2.45) is 0 Å². The van der Waals surface area contributed by atoms with Crippen LogP contribution in [0, 0.1) is 0 Å². The van der Waals surface area contributed by atoms with E-state index in [1.807, 2.05) is 6.07 Å². The predicted molar refractivity (Wildman–Crippen MR) is 87.9 cm³/mol. The number of nitrogens with zero attached hydrogens (tertiary/aromatic N) is 3. The lowest BCUT2D eigenvalue weighted by molar-refractivity contribution is -0.131. The monoisotopic (exact) mass is 347 g/mol. The summed E-state index contributed by atoms with van der Waals surface area (Å²) in [5.74, 6) is 0.298. The Morgan fingerprint density at radius 2 is 2.08 bits per heavy atom. The highest BCUT2D eigenvalue weighted by molar-refractivity contribution is 6.06. The highest BCUT2D eigenvalue weighted by Gasteiger charge is 2.51. The summed E-state index contributed by atoms with van der Waals surface area (Å²) in [4.78, 5) is 43.0. The quantitative estimate of drug-likeness (QED) is 0.766. The summed E-state index contributed by atoms with van der Waals surface area (Å²) < 4.78 is 4.99.